The summed E-state index contributed by atoms with van der Waals surface area (Å²) in [5, 5.41) is 10.7. The molecular formula is C87H170O17P2. The van der Waals surface area contributed by atoms with E-state index in [-0.39, 0.29) is 25.7 Å². The van der Waals surface area contributed by atoms with Gasteiger partial charge in [-0.05, 0) is 43.4 Å². The van der Waals surface area contributed by atoms with Crippen LogP contribution in [0, 0.1) is 17.8 Å². The highest BCUT2D eigenvalue weighted by Crippen LogP contribution is 2.45. The molecule has 0 aromatic carbocycles. The number of ether oxygens (including phenoxy) is 4. The van der Waals surface area contributed by atoms with Crippen molar-refractivity contribution in [2.75, 3.05) is 39.6 Å². The number of carbonyl (C=O) groups is 4. The Labute approximate surface area is 651 Å². The number of aliphatic hydroxyl groups excluding tert-OH is 1. The van der Waals surface area contributed by atoms with E-state index in [4.69, 9.17) is 37.0 Å². The maximum atomic E-state index is 13.2. The fourth-order valence-corrected chi connectivity index (χ4v) is 15.1. The molecule has 630 valence electrons. The summed E-state index contributed by atoms with van der Waals surface area (Å²) >= 11 is 0. The van der Waals surface area contributed by atoms with E-state index in [0.29, 0.717) is 25.7 Å². The van der Waals surface area contributed by atoms with E-state index in [1.54, 1.807) is 0 Å². The van der Waals surface area contributed by atoms with Crippen molar-refractivity contribution in [1.82, 2.24) is 0 Å². The highest BCUT2D eigenvalue weighted by molar-refractivity contribution is 7.47. The molecule has 5 atom stereocenters. The fourth-order valence-electron chi connectivity index (χ4n) is 13.5. The van der Waals surface area contributed by atoms with Gasteiger partial charge in [0.15, 0.2) is 12.2 Å². The number of carbonyl (C=O) groups excluding carboxylic acids is 4. The summed E-state index contributed by atoms with van der Waals surface area (Å²) in [6.07, 6.45) is 68.0. The third-order valence-electron chi connectivity index (χ3n) is 20.4. The van der Waals surface area contributed by atoms with Gasteiger partial charge in [0.1, 0.15) is 19.3 Å². The summed E-state index contributed by atoms with van der Waals surface area (Å²) in [5.41, 5.74) is 0. The van der Waals surface area contributed by atoms with Crippen molar-refractivity contribution in [2.45, 2.75) is 478 Å². The molecule has 0 bridgehead atoms. The Bertz CT molecular complexity index is 2040. The van der Waals surface area contributed by atoms with Crippen molar-refractivity contribution < 1.29 is 80.2 Å². The SMILES string of the molecule is CCCCCCCCCCCCCCCCC(=O)O[C@H](COC(=O)CCCCCCCCCCCCC(C)C)COP(=O)(O)OC[C@H](O)COP(=O)(O)OC[C@@H](COC(=O)CCCCCCCCCCCCCCCCCC(C)C)OC(=O)CCCCCCCCCCCCCCCCCCCCC(C)C. The number of hydrogen-bond acceptors (Lipinski definition) is 15. The Morgan fingerprint density at radius 3 is 0.642 bits per heavy atom. The van der Waals surface area contributed by atoms with Crippen molar-refractivity contribution in [2.24, 2.45) is 17.8 Å². The number of phosphoric ester groups is 2. The van der Waals surface area contributed by atoms with E-state index in [0.717, 1.165) is 108 Å². The zero-order valence-corrected chi connectivity index (χ0v) is 71.7. The van der Waals surface area contributed by atoms with Crippen LogP contribution in [0.15, 0.2) is 0 Å². The van der Waals surface area contributed by atoms with Gasteiger partial charge in [-0.25, -0.2) is 9.13 Å². The van der Waals surface area contributed by atoms with Crippen molar-refractivity contribution in [3.63, 3.8) is 0 Å². The minimum atomic E-state index is -4.97. The van der Waals surface area contributed by atoms with Crippen molar-refractivity contribution in [3.8, 4) is 0 Å². The lowest BCUT2D eigenvalue weighted by molar-refractivity contribution is -0.161. The van der Waals surface area contributed by atoms with Crippen molar-refractivity contribution in [3.05, 3.63) is 0 Å². The molecule has 0 radical (unpaired) electrons. The standard InChI is InChI=1S/C87H170O17P2/c1-8-9-10-11-12-13-14-15-27-33-42-49-56-63-70-86(91)104-83(75-98-85(90)69-62-55-48-41-36-35-39-46-53-60-67-80(6)7)77-102-106(95,96)100-73-81(88)72-99-105(93,94)101-76-82(74-97-84(89)68-61-54-47-40-32-28-24-20-22-26-31-38-45-52-59-66-79(4)5)103-87(92)71-64-57-50-43-34-29-23-19-17-16-18-21-25-30-37-44-51-58-65-78(2)3/h78-83,88H,8-77H2,1-7H3,(H,93,94)(H,95,96)/t81-,82-,83-/m1/s1. The fraction of sp³-hybridized carbons (Fsp3) is 0.954. The molecule has 19 heteroatoms. The molecule has 0 aliphatic carbocycles. The zero-order chi connectivity index (χ0) is 77.9. The van der Waals surface area contributed by atoms with Crippen LogP contribution in [0.1, 0.15) is 459 Å². The van der Waals surface area contributed by atoms with Gasteiger partial charge in [0.25, 0.3) is 0 Å². The molecule has 0 spiro atoms. The molecule has 0 aromatic heterocycles. The summed E-state index contributed by atoms with van der Waals surface area (Å²) < 4.78 is 69.0. The predicted octanol–water partition coefficient (Wildman–Crippen LogP) is 26.5. The quantitative estimate of drug-likeness (QED) is 0.0222. The molecular weight excluding hydrogens is 1380 g/mol. The van der Waals surface area contributed by atoms with E-state index in [9.17, 15) is 43.2 Å². The lowest BCUT2D eigenvalue weighted by Gasteiger charge is -2.21. The number of esters is 4. The number of phosphoric acid groups is 2. The summed E-state index contributed by atoms with van der Waals surface area (Å²) in [5.74, 6) is 0.284. The first-order chi connectivity index (χ1) is 51.2. The maximum Gasteiger partial charge on any atom is 0.472 e. The van der Waals surface area contributed by atoms with E-state index in [1.165, 1.54) is 270 Å². The van der Waals surface area contributed by atoms with Crippen LogP contribution in [0.25, 0.3) is 0 Å². The lowest BCUT2D eigenvalue weighted by atomic mass is 10.0. The Morgan fingerprint density at radius 1 is 0.255 bits per heavy atom. The Hall–Kier alpha value is -1.94. The number of hydrogen-bond donors (Lipinski definition) is 3. The van der Waals surface area contributed by atoms with E-state index < -0.39 is 97.5 Å². The number of aliphatic hydroxyl groups is 1. The molecule has 0 fully saturated rings. The van der Waals surface area contributed by atoms with Gasteiger partial charge in [-0.2, -0.15) is 0 Å². The molecule has 17 nitrogen and oxygen atoms in total. The molecule has 2 unspecified atom stereocenters. The minimum absolute atomic E-state index is 0.108. The third-order valence-corrected chi connectivity index (χ3v) is 22.3. The van der Waals surface area contributed by atoms with E-state index in [1.807, 2.05) is 0 Å². The normalized spacial score (nSPS) is 13.9. The molecule has 0 aromatic rings. The average Bonchev–Trinajstić information content (AvgIpc) is 0.905. The maximum absolute atomic E-state index is 13.2. The summed E-state index contributed by atoms with van der Waals surface area (Å²) in [6.45, 7) is 12.0. The molecule has 0 amide bonds. The summed E-state index contributed by atoms with van der Waals surface area (Å²) in [7, 11) is -9.93. The van der Waals surface area contributed by atoms with Crippen LogP contribution < -0.4 is 0 Å². The first kappa shape index (κ1) is 104. The van der Waals surface area contributed by atoms with Gasteiger partial charge in [0.05, 0.1) is 26.4 Å². The summed E-state index contributed by atoms with van der Waals surface area (Å²) in [6, 6.07) is 0. The molecule has 106 heavy (non-hydrogen) atoms. The predicted molar refractivity (Wildman–Crippen MR) is 437 cm³/mol. The van der Waals surface area contributed by atoms with Gasteiger partial charge in [-0.1, -0.05) is 408 Å². The van der Waals surface area contributed by atoms with Gasteiger partial charge in [0.2, 0.25) is 0 Å². The van der Waals surface area contributed by atoms with Gasteiger partial charge < -0.3 is 33.8 Å². The van der Waals surface area contributed by atoms with Crippen molar-refractivity contribution in [1.29, 1.82) is 0 Å². The number of rotatable bonds is 85. The Kier molecular flexibility index (Phi) is 75.6. The first-order valence-electron chi connectivity index (χ1n) is 44.8. The van der Waals surface area contributed by atoms with Gasteiger partial charge in [-0.15, -0.1) is 0 Å². The monoisotopic (exact) mass is 1550 g/mol. The van der Waals surface area contributed by atoms with Crippen LogP contribution in [0.2, 0.25) is 0 Å². The molecule has 0 rings (SSSR count). The Morgan fingerprint density at radius 2 is 0.434 bits per heavy atom. The molecule has 0 saturated heterocycles. The van der Waals surface area contributed by atoms with Crippen molar-refractivity contribution >= 4 is 39.5 Å². The largest absolute Gasteiger partial charge is 0.472 e. The molecule has 0 aliphatic heterocycles. The molecule has 0 saturated carbocycles. The molecule has 3 N–H and O–H groups in total. The van der Waals surface area contributed by atoms with Crippen LogP contribution in [0.4, 0.5) is 0 Å². The molecule has 0 aliphatic rings. The molecule has 0 heterocycles. The minimum Gasteiger partial charge on any atom is -0.462 e. The topological polar surface area (TPSA) is 237 Å². The van der Waals surface area contributed by atoms with E-state index in [2.05, 4.69) is 48.5 Å². The van der Waals surface area contributed by atoms with Crippen LogP contribution in [-0.2, 0) is 65.4 Å². The zero-order valence-electron chi connectivity index (χ0n) is 69.9. The van der Waals surface area contributed by atoms with E-state index >= 15 is 0 Å². The second-order valence-electron chi connectivity index (χ2n) is 32.7. The van der Waals surface area contributed by atoms with Gasteiger partial charge >= 0.3 is 39.5 Å². The third kappa shape index (κ3) is 80.1. The van der Waals surface area contributed by atoms with Gasteiger partial charge in [-0.3, -0.25) is 37.3 Å². The smallest absolute Gasteiger partial charge is 0.462 e. The lowest BCUT2D eigenvalue weighted by Crippen LogP contribution is -2.30. The Balaban J connectivity index is 5.25. The van der Waals surface area contributed by atoms with Crippen LogP contribution >= 0.6 is 15.6 Å². The second kappa shape index (κ2) is 77.0. The van der Waals surface area contributed by atoms with Crippen LogP contribution in [0.5, 0.6) is 0 Å². The average molecular weight is 1550 g/mol. The van der Waals surface area contributed by atoms with Crippen LogP contribution in [0.3, 0.4) is 0 Å². The van der Waals surface area contributed by atoms with Gasteiger partial charge in [0, 0.05) is 25.7 Å². The first-order valence-corrected chi connectivity index (χ1v) is 47.8. The highest BCUT2D eigenvalue weighted by Gasteiger charge is 2.30. The highest BCUT2D eigenvalue weighted by atomic mass is 31.2. The number of unbranched alkanes of at least 4 members (excludes halogenated alkanes) is 53. The van der Waals surface area contributed by atoms with Crippen LogP contribution in [-0.4, -0.2) is 96.7 Å². The summed E-state index contributed by atoms with van der Waals surface area (Å²) in [4.78, 5) is 73.3. The second-order valence-corrected chi connectivity index (χ2v) is 35.6.